The van der Waals surface area contributed by atoms with Crippen LogP contribution in [0.3, 0.4) is 0 Å². The van der Waals surface area contributed by atoms with Crippen LogP contribution in [-0.4, -0.2) is 46.8 Å². The number of hydrogen-bond acceptors (Lipinski definition) is 6. The van der Waals surface area contributed by atoms with Crippen LogP contribution in [0.2, 0.25) is 0 Å². The zero-order valence-electron chi connectivity index (χ0n) is 22.0. The Morgan fingerprint density at radius 1 is 0.718 bits per heavy atom. The molecular weight excluding hydrogens is 498 g/mol. The molecule has 3 rings (SSSR count). The molecule has 0 saturated carbocycles. The molecule has 3 aromatic carbocycles. The van der Waals surface area contributed by atoms with E-state index in [0.29, 0.717) is 23.5 Å². The number of benzene rings is 3. The summed E-state index contributed by atoms with van der Waals surface area (Å²) >= 11 is 0. The maximum Gasteiger partial charge on any atom is 0.255 e. The van der Waals surface area contributed by atoms with Crippen molar-refractivity contribution in [3.8, 4) is 0 Å². The summed E-state index contributed by atoms with van der Waals surface area (Å²) in [6.45, 7) is 7.32. The van der Waals surface area contributed by atoms with E-state index in [1.165, 1.54) is 11.5 Å². The van der Waals surface area contributed by atoms with Crippen LogP contribution in [0.5, 0.6) is 0 Å². The molecule has 0 atom stereocenters. The topological polar surface area (TPSA) is 140 Å². The lowest BCUT2D eigenvalue weighted by Gasteiger charge is -2.20. The summed E-state index contributed by atoms with van der Waals surface area (Å²) in [4.78, 5) is 51.0. The maximum absolute atomic E-state index is 12.9. The Balaban J connectivity index is 1.62. The molecule has 0 unspecified atom stereocenters. The molecule has 0 aromatic heterocycles. The molecule has 4 amide bonds. The van der Waals surface area contributed by atoms with Gasteiger partial charge in [-0.2, -0.15) is 0 Å². The second-order valence-electron chi connectivity index (χ2n) is 8.79. The van der Waals surface area contributed by atoms with E-state index in [4.69, 9.17) is 5.21 Å². The van der Waals surface area contributed by atoms with E-state index in [0.717, 1.165) is 30.8 Å². The second-order valence-corrected chi connectivity index (χ2v) is 8.79. The van der Waals surface area contributed by atoms with Gasteiger partial charge in [0.1, 0.15) is 6.42 Å². The van der Waals surface area contributed by atoms with E-state index in [-0.39, 0.29) is 11.5 Å². The van der Waals surface area contributed by atoms with Crippen LogP contribution < -0.4 is 21.4 Å². The molecule has 0 saturated heterocycles. The Labute approximate surface area is 227 Å². The third-order valence-electron chi connectivity index (χ3n) is 6.08. The van der Waals surface area contributed by atoms with E-state index >= 15 is 0 Å². The number of anilines is 2. The Morgan fingerprint density at radius 3 is 1.92 bits per heavy atom. The van der Waals surface area contributed by atoms with Crippen molar-refractivity contribution in [1.82, 2.24) is 15.7 Å². The highest BCUT2D eigenvalue weighted by Crippen LogP contribution is 2.16. The van der Waals surface area contributed by atoms with Crippen molar-refractivity contribution in [3.63, 3.8) is 0 Å². The van der Waals surface area contributed by atoms with Crippen molar-refractivity contribution in [2.75, 3.05) is 23.7 Å². The van der Waals surface area contributed by atoms with E-state index in [2.05, 4.69) is 40.8 Å². The lowest BCUT2D eigenvalue weighted by Crippen LogP contribution is -2.26. The molecule has 3 aromatic rings. The zero-order chi connectivity index (χ0) is 28.2. The number of carbonyl (C=O) groups is 4. The largest absolute Gasteiger partial charge is 0.348 e. The molecule has 10 nitrogen and oxygen atoms in total. The van der Waals surface area contributed by atoms with E-state index in [1.807, 2.05) is 18.2 Å². The summed E-state index contributed by atoms with van der Waals surface area (Å²) in [5.74, 6) is -2.20. The van der Waals surface area contributed by atoms with Crippen LogP contribution in [0.15, 0.2) is 72.8 Å². The molecule has 0 aliphatic carbocycles. The molecule has 0 heterocycles. The fraction of sp³-hybridized carbons (Fsp3) is 0.241. The van der Waals surface area contributed by atoms with Crippen LogP contribution in [0.25, 0.3) is 0 Å². The molecule has 0 fully saturated rings. The molecule has 0 aliphatic rings. The molecule has 0 spiro atoms. The van der Waals surface area contributed by atoms with Crippen LogP contribution in [0, 0.1) is 0 Å². The molecule has 5 N–H and O–H groups in total. The summed E-state index contributed by atoms with van der Waals surface area (Å²) in [7, 11) is 0. The number of rotatable bonds is 12. The Hall–Kier alpha value is -4.54. The number of nitrogens with one attached hydrogen (secondary N) is 4. The number of hydroxylamine groups is 1. The first kappa shape index (κ1) is 29.0. The third kappa shape index (κ3) is 8.77. The van der Waals surface area contributed by atoms with Gasteiger partial charge in [0.15, 0.2) is 0 Å². The van der Waals surface area contributed by atoms with Gasteiger partial charge in [-0.05, 0) is 60.6 Å². The van der Waals surface area contributed by atoms with Gasteiger partial charge >= 0.3 is 0 Å². The van der Waals surface area contributed by atoms with Gasteiger partial charge in [0.05, 0.1) is 0 Å². The Kier molecular flexibility index (Phi) is 10.7. The molecule has 0 aliphatic heterocycles. The molecule has 39 heavy (non-hydrogen) atoms. The van der Waals surface area contributed by atoms with Crippen molar-refractivity contribution >= 4 is 35.0 Å². The maximum atomic E-state index is 12.9. The normalized spacial score (nSPS) is 10.6. The first-order chi connectivity index (χ1) is 18.8. The van der Waals surface area contributed by atoms with E-state index in [1.54, 1.807) is 42.5 Å². The summed E-state index contributed by atoms with van der Waals surface area (Å²) < 4.78 is 0. The lowest BCUT2D eigenvalue weighted by atomic mass is 10.1. The minimum absolute atomic E-state index is 0.263. The summed E-state index contributed by atoms with van der Waals surface area (Å²) in [5.41, 5.74) is 5.01. The van der Waals surface area contributed by atoms with Gasteiger partial charge in [-0.25, -0.2) is 5.48 Å². The monoisotopic (exact) mass is 531 g/mol. The number of nitrogens with zero attached hydrogens (tertiary/aromatic N) is 1. The number of hydrogen-bond donors (Lipinski definition) is 5. The van der Waals surface area contributed by atoms with Crippen LogP contribution in [0.4, 0.5) is 11.4 Å². The number of amides is 4. The average Bonchev–Trinajstić information content (AvgIpc) is 2.95. The number of carbonyl (C=O) groups excluding carboxylic acids is 4. The standard InChI is InChI=1S/C29H33N5O5/c1-3-34(4-2)19-23-10-6-5-9-22(23)18-30-28(37)20-11-7-14-25(15-20)32-29(38)21-12-8-13-24(16-21)31-26(35)17-27(36)33-39/h5-16,39H,3-4,17-19H2,1-2H3,(H,30,37)(H,31,35)(H,32,38)(H,33,36). The van der Waals surface area contributed by atoms with Gasteiger partial charge in [0, 0.05) is 35.6 Å². The SMILES string of the molecule is CCN(CC)Cc1ccccc1CNC(=O)c1cccc(NC(=O)c2cccc(NC(=O)CC(=O)NO)c2)c1. The van der Waals surface area contributed by atoms with Crippen LogP contribution in [-0.2, 0) is 22.7 Å². The van der Waals surface area contributed by atoms with Crippen LogP contribution in [0.1, 0.15) is 52.1 Å². The zero-order valence-corrected chi connectivity index (χ0v) is 22.0. The van der Waals surface area contributed by atoms with Crippen molar-refractivity contribution in [3.05, 3.63) is 95.1 Å². The van der Waals surface area contributed by atoms with E-state index < -0.39 is 24.1 Å². The first-order valence-electron chi connectivity index (χ1n) is 12.6. The summed E-state index contributed by atoms with van der Waals surface area (Å²) in [6, 6.07) is 20.8. The highest BCUT2D eigenvalue weighted by atomic mass is 16.5. The Bertz CT molecular complexity index is 1320. The average molecular weight is 532 g/mol. The fourth-order valence-electron chi connectivity index (χ4n) is 3.92. The smallest absolute Gasteiger partial charge is 0.255 e. The van der Waals surface area contributed by atoms with Crippen molar-refractivity contribution in [2.24, 2.45) is 0 Å². The van der Waals surface area contributed by atoms with Crippen molar-refractivity contribution < 1.29 is 24.4 Å². The molecule has 0 bridgehead atoms. The summed E-state index contributed by atoms with van der Waals surface area (Å²) in [5, 5.41) is 16.8. The second kappa shape index (κ2) is 14.4. The van der Waals surface area contributed by atoms with Gasteiger partial charge < -0.3 is 16.0 Å². The van der Waals surface area contributed by atoms with Gasteiger partial charge in [-0.1, -0.05) is 50.2 Å². The molecule has 204 valence electrons. The van der Waals surface area contributed by atoms with Crippen molar-refractivity contribution in [1.29, 1.82) is 0 Å². The van der Waals surface area contributed by atoms with Gasteiger partial charge in [-0.15, -0.1) is 0 Å². The van der Waals surface area contributed by atoms with Gasteiger partial charge in [0.25, 0.3) is 17.7 Å². The van der Waals surface area contributed by atoms with Gasteiger partial charge in [0.2, 0.25) is 5.91 Å². The lowest BCUT2D eigenvalue weighted by molar-refractivity contribution is -0.132. The minimum Gasteiger partial charge on any atom is -0.348 e. The fourth-order valence-corrected chi connectivity index (χ4v) is 3.92. The third-order valence-corrected chi connectivity index (χ3v) is 6.08. The Morgan fingerprint density at radius 2 is 1.31 bits per heavy atom. The molecular formula is C29H33N5O5. The highest BCUT2D eigenvalue weighted by molar-refractivity contribution is 6.07. The van der Waals surface area contributed by atoms with Crippen molar-refractivity contribution in [2.45, 2.75) is 33.4 Å². The highest BCUT2D eigenvalue weighted by Gasteiger charge is 2.13. The minimum atomic E-state index is -0.853. The molecule has 0 radical (unpaired) electrons. The van der Waals surface area contributed by atoms with E-state index in [9.17, 15) is 19.2 Å². The quantitative estimate of drug-likeness (QED) is 0.138. The van der Waals surface area contributed by atoms with Crippen LogP contribution >= 0.6 is 0 Å². The first-order valence-corrected chi connectivity index (χ1v) is 12.6. The predicted octanol–water partition coefficient (Wildman–Crippen LogP) is 3.54. The predicted molar refractivity (Wildman–Crippen MR) is 148 cm³/mol. The summed E-state index contributed by atoms with van der Waals surface area (Å²) in [6.07, 6.45) is -0.566. The van der Waals surface area contributed by atoms with Gasteiger partial charge in [-0.3, -0.25) is 29.3 Å². The molecule has 10 heteroatoms.